The molecular formula is C44H39N3. The van der Waals surface area contributed by atoms with Crippen molar-refractivity contribution in [1.29, 1.82) is 0 Å². The minimum Gasteiger partial charge on any atom is -0.324 e. The molecule has 0 saturated carbocycles. The molecule has 5 aromatic rings. The summed E-state index contributed by atoms with van der Waals surface area (Å²) in [5.41, 5.74) is 12.8. The maximum Gasteiger partial charge on any atom is 0.0538 e. The van der Waals surface area contributed by atoms with Gasteiger partial charge in [0.25, 0.3) is 0 Å². The molecule has 0 spiro atoms. The van der Waals surface area contributed by atoms with Crippen LogP contribution >= 0.6 is 0 Å². The third-order valence-corrected chi connectivity index (χ3v) is 8.93. The lowest BCUT2D eigenvalue weighted by atomic mass is 10.0. The van der Waals surface area contributed by atoms with Crippen LogP contribution in [-0.4, -0.2) is 4.57 Å². The van der Waals surface area contributed by atoms with E-state index in [-0.39, 0.29) is 0 Å². The number of rotatable bonds is 5. The first kappa shape index (κ1) is 29.9. The Morgan fingerprint density at radius 1 is 0.596 bits per heavy atom. The fraction of sp³-hybridized carbons (Fsp3) is 0.0909. The number of fused-ring (bicyclic) bond motifs is 3. The van der Waals surface area contributed by atoms with Crippen LogP contribution in [0.4, 0.5) is 17.1 Å². The fourth-order valence-corrected chi connectivity index (χ4v) is 6.40. The Balaban J connectivity index is 1.25. The lowest BCUT2D eigenvalue weighted by Crippen LogP contribution is -2.18. The predicted molar refractivity (Wildman–Crippen MR) is 203 cm³/mol. The molecule has 0 radical (unpaired) electrons. The molecule has 47 heavy (non-hydrogen) atoms. The first-order chi connectivity index (χ1) is 23.0. The molecule has 0 saturated heterocycles. The van der Waals surface area contributed by atoms with Crippen LogP contribution in [0.5, 0.6) is 0 Å². The number of hydrogen-bond donors (Lipinski definition) is 0. The van der Waals surface area contributed by atoms with Gasteiger partial charge in [-0.2, -0.15) is 0 Å². The Hall–Kier alpha value is -5.80. The predicted octanol–water partition coefficient (Wildman–Crippen LogP) is 11.8. The quantitative estimate of drug-likeness (QED) is 0.196. The van der Waals surface area contributed by atoms with Gasteiger partial charge in [0.15, 0.2) is 0 Å². The highest BCUT2D eigenvalue weighted by molar-refractivity contribution is 6.10. The van der Waals surface area contributed by atoms with E-state index < -0.39 is 0 Å². The van der Waals surface area contributed by atoms with Crippen molar-refractivity contribution in [1.82, 2.24) is 4.57 Å². The van der Waals surface area contributed by atoms with E-state index in [2.05, 4.69) is 157 Å². The second kappa shape index (κ2) is 12.9. The second-order valence-electron chi connectivity index (χ2n) is 12.2. The zero-order valence-corrected chi connectivity index (χ0v) is 27.1. The minimum atomic E-state index is 0.900. The first-order valence-corrected chi connectivity index (χ1v) is 16.2. The third kappa shape index (κ3) is 6.08. The van der Waals surface area contributed by atoms with Gasteiger partial charge in [0.05, 0.1) is 11.0 Å². The lowest BCUT2D eigenvalue weighted by Gasteiger charge is -2.30. The fourth-order valence-electron chi connectivity index (χ4n) is 6.40. The summed E-state index contributed by atoms with van der Waals surface area (Å²) >= 11 is 0. The van der Waals surface area contributed by atoms with Gasteiger partial charge < -0.3 is 14.4 Å². The average Bonchev–Trinajstić information content (AvgIpc) is 3.40. The van der Waals surface area contributed by atoms with Gasteiger partial charge in [-0.3, -0.25) is 0 Å². The maximum atomic E-state index is 4.09. The van der Waals surface area contributed by atoms with Crippen molar-refractivity contribution in [3.8, 4) is 0 Å². The Morgan fingerprint density at radius 2 is 1.21 bits per heavy atom. The molecule has 3 heteroatoms. The van der Waals surface area contributed by atoms with Crippen LogP contribution in [0.2, 0.25) is 0 Å². The Kier molecular flexibility index (Phi) is 8.20. The summed E-state index contributed by atoms with van der Waals surface area (Å²) in [6, 6.07) is 33.2. The van der Waals surface area contributed by atoms with Gasteiger partial charge in [-0.1, -0.05) is 85.0 Å². The highest BCUT2D eigenvalue weighted by atomic mass is 15.2. The van der Waals surface area contributed by atoms with Crippen LogP contribution in [0.3, 0.4) is 0 Å². The van der Waals surface area contributed by atoms with Crippen LogP contribution in [0, 0.1) is 13.8 Å². The molecule has 0 fully saturated rings. The molecule has 0 N–H and O–H groups in total. The van der Waals surface area contributed by atoms with E-state index in [1.165, 1.54) is 44.3 Å². The molecule has 1 aliphatic heterocycles. The first-order valence-electron chi connectivity index (χ1n) is 16.2. The molecular weight excluding hydrogens is 571 g/mol. The number of hydrogen-bond acceptors (Lipinski definition) is 2. The van der Waals surface area contributed by atoms with E-state index in [4.69, 9.17) is 0 Å². The van der Waals surface area contributed by atoms with E-state index in [1.54, 1.807) is 0 Å². The molecule has 0 atom stereocenters. The van der Waals surface area contributed by atoms with E-state index in [0.717, 1.165) is 41.1 Å². The van der Waals surface area contributed by atoms with Crippen LogP contribution in [0.1, 0.15) is 24.0 Å². The number of anilines is 3. The van der Waals surface area contributed by atoms with Crippen molar-refractivity contribution >= 4 is 44.6 Å². The van der Waals surface area contributed by atoms with E-state index in [1.807, 2.05) is 36.5 Å². The molecule has 3 nitrogen and oxygen atoms in total. The SMILES string of the molecule is C=C1/C=C\C=C/N(c2ccc(N(C3=CC=C(n4c5ccccc5c5cc(C)ccc54)CC3)c3ccc(C)cc3)cc2)/C=C\C=C/C1=C. The second-order valence-corrected chi connectivity index (χ2v) is 12.2. The van der Waals surface area contributed by atoms with Gasteiger partial charge in [-0.25, -0.2) is 0 Å². The molecule has 0 amide bonds. The number of aryl methyl sites for hydroxylation is 2. The Bertz CT molecular complexity index is 2140. The molecule has 0 bridgehead atoms. The van der Waals surface area contributed by atoms with Crippen molar-refractivity contribution in [2.45, 2.75) is 26.7 Å². The summed E-state index contributed by atoms with van der Waals surface area (Å²) in [6.07, 6.45) is 22.6. The Morgan fingerprint density at radius 3 is 1.87 bits per heavy atom. The third-order valence-electron chi connectivity index (χ3n) is 8.93. The summed E-state index contributed by atoms with van der Waals surface area (Å²) in [4.78, 5) is 4.51. The largest absolute Gasteiger partial charge is 0.324 e. The number of allylic oxidation sites excluding steroid dienone is 12. The van der Waals surface area contributed by atoms with Gasteiger partial charge in [0, 0.05) is 51.6 Å². The normalized spacial score (nSPS) is 18.0. The van der Waals surface area contributed by atoms with Crippen LogP contribution < -0.4 is 9.80 Å². The van der Waals surface area contributed by atoms with Crippen molar-refractivity contribution < 1.29 is 0 Å². The van der Waals surface area contributed by atoms with Gasteiger partial charge in [-0.05, 0) is 117 Å². The van der Waals surface area contributed by atoms with Gasteiger partial charge >= 0.3 is 0 Å². The van der Waals surface area contributed by atoms with Crippen molar-refractivity contribution in [3.63, 3.8) is 0 Å². The number of benzene rings is 4. The van der Waals surface area contributed by atoms with Crippen LogP contribution in [0.25, 0.3) is 27.5 Å². The zero-order chi connectivity index (χ0) is 32.3. The summed E-state index contributed by atoms with van der Waals surface area (Å²) in [7, 11) is 0. The minimum absolute atomic E-state index is 0.900. The average molecular weight is 610 g/mol. The number of para-hydroxylation sites is 1. The maximum absolute atomic E-state index is 4.09. The van der Waals surface area contributed by atoms with Gasteiger partial charge in [0.1, 0.15) is 0 Å². The van der Waals surface area contributed by atoms with Crippen LogP contribution in [0.15, 0.2) is 182 Å². The molecule has 2 heterocycles. The lowest BCUT2D eigenvalue weighted by molar-refractivity contribution is 0.895. The summed E-state index contributed by atoms with van der Waals surface area (Å²) in [5, 5.41) is 2.62. The standard InChI is InChI=1S/C44H39N3/c1-32-15-18-37(19-16-32)46(38-22-20-36(21-23-38)45-29-9-7-11-34(3)35(4)12-8-10-30-45)39-24-26-40(27-25-39)47-43-14-6-5-13-41(43)42-31-33(2)17-28-44(42)47/h5-24,26,28-31H,3-4,25,27H2,1-2H3/b11-7-,12-8-,29-9-,30-10-. The van der Waals surface area contributed by atoms with Gasteiger partial charge in [0.2, 0.25) is 0 Å². The highest BCUT2D eigenvalue weighted by Gasteiger charge is 2.20. The molecule has 4 aromatic carbocycles. The van der Waals surface area contributed by atoms with E-state index >= 15 is 0 Å². The summed E-state index contributed by atoms with van der Waals surface area (Å²) in [5.74, 6) is 0. The van der Waals surface area contributed by atoms with Crippen molar-refractivity contribution in [2.24, 2.45) is 0 Å². The van der Waals surface area contributed by atoms with Crippen molar-refractivity contribution in [2.75, 3.05) is 9.80 Å². The molecule has 230 valence electrons. The monoisotopic (exact) mass is 609 g/mol. The van der Waals surface area contributed by atoms with Gasteiger partial charge in [-0.15, -0.1) is 0 Å². The molecule has 1 aliphatic carbocycles. The topological polar surface area (TPSA) is 11.4 Å². The summed E-state index contributed by atoms with van der Waals surface area (Å²) in [6.45, 7) is 12.5. The molecule has 7 rings (SSSR count). The van der Waals surface area contributed by atoms with E-state index in [0.29, 0.717) is 0 Å². The van der Waals surface area contributed by atoms with Crippen molar-refractivity contribution in [3.05, 3.63) is 193 Å². The smallest absolute Gasteiger partial charge is 0.0538 e. The van der Waals surface area contributed by atoms with E-state index in [9.17, 15) is 0 Å². The molecule has 0 unspecified atom stereocenters. The highest BCUT2D eigenvalue weighted by Crippen LogP contribution is 2.39. The van der Waals surface area contributed by atoms with Crippen LogP contribution in [-0.2, 0) is 0 Å². The number of aromatic nitrogens is 1. The Labute approximate surface area is 278 Å². The molecule has 1 aromatic heterocycles. The zero-order valence-electron chi connectivity index (χ0n) is 27.1. The molecule has 2 aliphatic rings. The number of nitrogens with zero attached hydrogens (tertiary/aromatic N) is 3. The summed E-state index contributed by atoms with van der Waals surface area (Å²) < 4.78 is 2.45.